The summed E-state index contributed by atoms with van der Waals surface area (Å²) in [6, 6.07) is 7.13. The summed E-state index contributed by atoms with van der Waals surface area (Å²) in [5.41, 5.74) is 7.06. The number of aliphatic hydroxyl groups is 1. The van der Waals surface area contributed by atoms with Gasteiger partial charge >= 0.3 is 0 Å². The number of carbonyl (C=O) groups is 1. The average molecular weight is 289 g/mol. The van der Waals surface area contributed by atoms with Crippen molar-refractivity contribution in [2.45, 2.75) is 19.1 Å². The number of carbonyl (C=O) groups excluding carboxylic acids is 1. The molecule has 1 unspecified atom stereocenters. The van der Waals surface area contributed by atoms with Crippen molar-refractivity contribution in [1.29, 1.82) is 0 Å². The Balaban J connectivity index is 0.00000324. The normalized spacial score (nSPS) is 11.5. The predicted molar refractivity (Wildman–Crippen MR) is 76.4 cm³/mol. The molecule has 0 saturated heterocycles. The van der Waals surface area contributed by atoms with Gasteiger partial charge < -0.3 is 20.9 Å². The lowest BCUT2D eigenvalue weighted by Gasteiger charge is -2.10. The Morgan fingerprint density at radius 1 is 1.42 bits per heavy atom. The number of benzene rings is 1. The van der Waals surface area contributed by atoms with Crippen LogP contribution in [0.2, 0.25) is 0 Å². The molecule has 5 nitrogen and oxygen atoms in total. The van der Waals surface area contributed by atoms with Crippen LogP contribution in [-0.2, 0) is 11.3 Å². The van der Waals surface area contributed by atoms with Gasteiger partial charge in [0.05, 0.1) is 12.7 Å². The van der Waals surface area contributed by atoms with E-state index >= 15 is 0 Å². The van der Waals surface area contributed by atoms with Gasteiger partial charge in [0.15, 0.2) is 0 Å². The summed E-state index contributed by atoms with van der Waals surface area (Å²) < 4.78 is 4.80. The van der Waals surface area contributed by atoms with Gasteiger partial charge in [-0.1, -0.05) is 12.1 Å². The van der Waals surface area contributed by atoms with E-state index in [0.717, 1.165) is 5.56 Å². The van der Waals surface area contributed by atoms with Crippen molar-refractivity contribution in [3.63, 3.8) is 0 Å². The molecule has 0 bridgehead atoms. The zero-order valence-corrected chi connectivity index (χ0v) is 11.8. The van der Waals surface area contributed by atoms with E-state index in [9.17, 15) is 9.90 Å². The molecule has 4 N–H and O–H groups in total. The maximum absolute atomic E-state index is 11.7. The summed E-state index contributed by atoms with van der Waals surface area (Å²) in [7, 11) is 1.53. The van der Waals surface area contributed by atoms with Crippen LogP contribution in [0.4, 0.5) is 0 Å². The minimum atomic E-state index is -0.546. The second-order valence-corrected chi connectivity index (χ2v) is 4.05. The zero-order chi connectivity index (χ0) is 13.4. The molecule has 0 aliphatic heterocycles. The summed E-state index contributed by atoms with van der Waals surface area (Å²) in [5.74, 6) is -0.150. The van der Waals surface area contributed by atoms with Gasteiger partial charge in [-0.3, -0.25) is 4.79 Å². The second-order valence-electron chi connectivity index (χ2n) is 4.05. The number of ether oxygens (including phenoxy) is 1. The maximum atomic E-state index is 11.7. The van der Waals surface area contributed by atoms with E-state index in [4.69, 9.17) is 10.5 Å². The molecular formula is C13H21ClN2O3. The van der Waals surface area contributed by atoms with Crippen molar-refractivity contribution in [2.24, 2.45) is 5.73 Å². The maximum Gasteiger partial charge on any atom is 0.251 e. The summed E-state index contributed by atoms with van der Waals surface area (Å²) in [6.07, 6.45) is -0.0737. The third-order valence-electron chi connectivity index (χ3n) is 2.57. The van der Waals surface area contributed by atoms with Crippen LogP contribution in [0.3, 0.4) is 0 Å². The number of amides is 1. The molecule has 0 aliphatic carbocycles. The Bertz CT molecular complexity index is 371. The van der Waals surface area contributed by atoms with Gasteiger partial charge in [0.25, 0.3) is 5.91 Å². The molecule has 1 aromatic carbocycles. The van der Waals surface area contributed by atoms with Crippen LogP contribution >= 0.6 is 12.4 Å². The number of methoxy groups -OCH3 is 1. The summed E-state index contributed by atoms with van der Waals surface area (Å²) in [6.45, 7) is 1.16. The Morgan fingerprint density at radius 3 is 2.58 bits per heavy atom. The number of rotatable bonds is 7. The van der Waals surface area contributed by atoms with E-state index in [1.807, 2.05) is 12.1 Å². The summed E-state index contributed by atoms with van der Waals surface area (Å²) in [4.78, 5) is 11.7. The van der Waals surface area contributed by atoms with E-state index in [0.29, 0.717) is 25.1 Å². The molecule has 1 rings (SSSR count). The number of nitrogens with one attached hydrogen (secondary N) is 1. The quantitative estimate of drug-likeness (QED) is 0.689. The Labute approximate surface area is 119 Å². The molecule has 1 amide bonds. The van der Waals surface area contributed by atoms with Gasteiger partial charge in [-0.15, -0.1) is 12.4 Å². The number of hydrogen-bond acceptors (Lipinski definition) is 4. The summed E-state index contributed by atoms with van der Waals surface area (Å²) in [5, 5.41) is 12.2. The first-order chi connectivity index (χ1) is 8.67. The van der Waals surface area contributed by atoms with Crippen molar-refractivity contribution in [3.8, 4) is 0 Å². The van der Waals surface area contributed by atoms with Crippen molar-refractivity contribution in [3.05, 3.63) is 35.4 Å². The molecule has 0 heterocycles. The van der Waals surface area contributed by atoms with Crippen LogP contribution in [0.15, 0.2) is 24.3 Å². The first kappa shape index (κ1) is 17.9. The Morgan fingerprint density at radius 2 is 2.05 bits per heavy atom. The average Bonchev–Trinajstić information content (AvgIpc) is 2.39. The third kappa shape index (κ3) is 6.54. The van der Waals surface area contributed by atoms with Crippen LogP contribution in [-0.4, -0.2) is 37.4 Å². The highest BCUT2D eigenvalue weighted by Crippen LogP contribution is 2.03. The Kier molecular flexibility index (Phi) is 9.16. The molecule has 0 aromatic heterocycles. The van der Waals surface area contributed by atoms with Gasteiger partial charge in [0, 0.05) is 25.8 Å². The van der Waals surface area contributed by atoms with Crippen LogP contribution < -0.4 is 11.1 Å². The number of hydrogen-bond donors (Lipinski definition) is 3. The van der Waals surface area contributed by atoms with Crippen LogP contribution in [0, 0.1) is 0 Å². The van der Waals surface area contributed by atoms with E-state index in [-0.39, 0.29) is 24.9 Å². The molecule has 0 spiro atoms. The second kappa shape index (κ2) is 9.75. The van der Waals surface area contributed by atoms with Crippen molar-refractivity contribution >= 4 is 18.3 Å². The fraction of sp³-hybridized carbons (Fsp3) is 0.462. The molecule has 0 radical (unpaired) electrons. The Hall–Kier alpha value is -1.14. The van der Waals surface area contributed by atoms with Crippen molar-refractivity contribution in [1.82, 2.24) is 5.32 Å². The van der Waals surface area contributed by atoms with Crippen molar-refractivity contribution < 1.29 is 14.6 Å². The molecule has 108 valence electrons. The van der Waals surface area contributed by atoms with Gasteiger partial charge in [-0.05, 0) is 24.1 Å². The van der Waals surface area contributed by atoms with Gasteiger partial charge in [0.2, 0.25) is 0 Å². The largest absolute Gasteiger partial charge is 0.391 e. The molecule has 0 saturated carbocycles. The standard InChI is InChI=1S/C13H20N2O3.ClH/c1-18-9-12(16)6-7-15-13(17)11-4-2-10(8-14)3-5-11;/h2-5,12,16H,6-9,14H2,1H3,(H,15,17);1H. The first-order valence-corrected chi connectivity index (χ1v) is 5.91. The monoisotopic (exact) mass is 288 g/mol. The molecule has 19 heavy (non-hydrogen) atoms. The lowest BCUT2D eigenvalue weighted by Crippen LogP contribution is -2.28. The van der Waals surface area contributed by atoms with Gasteiger partial charge in [-0.2, -0.15) is 0 Å². The lowest BCUT2D eigenvalue weighted by molar-refractivity contribution is 0.0587. The van der Waals surface area contributed by atoms with Crippen LogP contribution in [0.25, 0.3) is 0 Å². The van der Waals surface area contributed by atoms with E-state index in [1.165, 1.54) is 7.11 Å². The third-order valence-corrected chi connectivity index (χ3v) is 2.57. The predicted octanol–water partition coefficient (Wildman–Crippen LogP) is 0.694. The van der Waals surface area contributed by atoms with E-state index < -0.39 is 6.10 Å². The number of halogens is 1. The molecule has 1 atom stereocenters. The highest BCUT2D eigenvalue weighted by Gasteiger charge is 2.07. The lowest BCUT2D eigenvalue weighted by atomic mass is 10.1. The molecule has 6 heteroatoms. The van der Waals surface area contributed by atoms with Crippen LogP contribution in [0.5, 0.6) is 0 Å². The summed E-state index contributed by atoms with van der Waals surface area (Å²) >= 11 is 0. The fourth-order valence-electron chi connectivity index (χ4n) is 1.52. The number of nitrogens with two attached hydrogens (primary N) is 1. The highest BCUT2D eigenvalue weighted by molar-refractivity contribution is 5.94. The fourth-order valence-corrected chi connectivity index (χ4v) is 1.52. The molecule has 0 aliphatic rings. The SMILES string of the molecule is COCC(O)CCNC(=O)c1ccc(CN)cc1.Cl. The van der Waals surface area contributed by atoms with Crippen LogP contribution in [0.1, 0.15) is 22.3 Å². The van der Waals surface area contributed by atoms with Gasteiger partial charge in [0.1, 0.15) is 0 Å². The van der Waals surface area contributed by atoms with E-state index in [1.54, 1.807) is 12.1 Å². The van der Waals surface area contributed by atoms with E-state index in [2.05, 4.69) is 5.32 Å². The molecule has 0 fully saturated rings. The highest BCUT2D eigenvalue weighted by atomic mass is 35.5. The molecule has 1 aromatic rings. The number of aliphatic hydroxyl groups excluding tert-OH is 1. The smallest absolute Gasteiger partial charge is 0.251 e. The minimum absolute atomic E-state index is 0. The first-order valence-electron chi connectivity index (χ1n) is 5.91. The molecular weight excluding hydrogens is 268 g/mol. The minimum Gasteiger partial charge on any atom is -0.391 e. The topological polar surface area (TPSA) is 84.6 Å². The van der Waals surface area contributed by atoms with Crippen molar-refractivity contribution in [2.75, 3.05) is 20.3 Å². The van der Waals surface area contributed by atoms with Gasteiger partial charge in [-0.25, -0.2) is 0 Å². The zero-order valence-electron chi connectivity index (χ0n) is 11.0.